The third kappa shape index (κ3) is 3.20. The van der Waals surface area contributed by atoms with E-state index in [-0.39, 0.29) is 4.90 Å². The molecule has 0 aliphatic rings. The Balaban J connectivity index is 2.38. The van der Waals surface area contributed by atoms with E-state index >= 15 is 0 Å². The monoisotopic (exact) mass is 354 g/mol. The molecular weight excluding hydrogens is 340 g/mol. The molecule has 0 aliphatic heterocycles. The second-order valence-electron chi connectivity index (χ2n) is 4.36. The van der Waals surface area contributed by atoms with Gasteiger partial charge >= 0.3 is 0 Å². The number of hydrogen-bond acceptors (Lipinski definition) is 3. The number of nitrogens with one attached hydrogen (secondary N) is 1. The molecule has 20 heavy (non-hydrogen) atoms. The maximum Gasteiger partial charge on any atom is 0.262 e. The van der Waals surface area contributed by atoms with Gasteiger partial charge in [0.05, 0.1) is 4.90 Å². The van der Waals surface area contributed by atoms with Crippen LogP contribution in [0.5, 0.6) is 0 Å². The van der Waals surface area contributed by atoms with Crippen molar-refractivity contribution in [3.05, 3.63) is 58.1 Å². The predicted molar refractivity (Wildman–Crippen MR) is 84.0 cm³/mol. The smallest absolute Gasteiger partial charge is 0.262 e. The minimum atomic E-state index is -3.61. The van der Waals surface area contributed by atoms with Gasteiger partial charge in [-0.3, -0.25) is 4.72 Å². The molecule has 4 nitrogen and oxygen atoms in total. The Hall–Kier alpha value is -1.37. The Morgan fingerprint density at radius 1 is 1.15 bits per heavy atom. The summed E-state index contributed by atoms with van der Waals surface area (Å²) in [5.74, 6) is 0. The highest BCUT2D eigenvalue weighted by molar-refractivity contribution is 9.10. The van der Waals surface area contributed by atoms with E-state index in [4.69, 9.17) is 5.73 Å². The van der Waals surface area contributed by atoms with Crippen LogP contribution in [0.4, 0.5) is 5.69 Å². The van der Waals surface area contributed by atoms with Crippen LogP contribution in [0.1, 0.15) is 11.1 Å². The number of sulfonamides is 1. The van der Waals surface area contributed by atoms with E-state index in [1.807, 2.05) is 6.07 Å². The molecule has 2 aromatic rings. The van der Waals surface area contributed by atoms with Crippen LogP contribution in [0, 0.1) is 6.92 Å². The Labute approximate surface area is 127 Å². The van der Waals surface area contributed by atoms with E-state index < -0.39 is 10.0 Å². The summed E-state index contributed by atoms with van der Waals surface area (Å²) >= 11 is 3.31. The van der Waals surface area contributed by atoms with Crippen molar-refractivity contribution < 1.29 is 8.42 Å². The fourth-order valence-corrected chi connectivity index (χ4v) is 3.51. The summed E-state index contributed by atoms with van der Waals surface area (Å²) in [7, 11) is -3.61. The van der Waals surface area contributed by atoms with Gasteiger partial charge in [0.2, 0.25) is 0 Å². The second kappa shape index (κ2) is 5.95. The SMILES string of the molecule is Cc1c(CN)cccc1S(=O)(=O)Nc1ccc(Br)cc1. The van der Waals surface area contributed by atoms with Crippen LogP contribution in [-0.4, -0.2) is 8.42 Å². The lowest BCUT2D eigenvalue weighted by Crippen LogP contribution is -2.15. The van der Waals surface area contributed by atoms with Gasteiger partial charge in [0, 0.05) is 16.7 Å². The highest BCUT2D eigenvalue weighted by Crippen LogP contribution is 2.22. The lowest BCUT2D eigenvalue weighted by Gasteiger charge is -2.12. The largest absolute Gasteiger partial charge is 0.326 e. The molecule has 0 unspecified atom stereocenters. The van der Waals surface area contributed by atoms with Gasteiger partial charge in [-0.2, -0.15) is 0 Å². The third-order valence-corrected chi connectivity index (χ3v) is 5.06. The maximum atomic E-state index is 12.4. The molecule has 0 bridgehead atoms. The minimum absolute atomic E-state index is 0.253. The van der Waals surface area contributed by atoms with Crippen molar-refractivity contribution >= 4 is 31.6 Å². The van der Waals surface area contributed by atoms with Crippen molar-refractivity contribution in [3.8, 4) is 0 Å². The molecule has 0 amide bonds. The van der Waals surface area contributed by atoms with Crippen molar-refractivity contribution in [1.82, 2.24) is 0 Å². The highest BCUT2D eigenvalue weighted by atomic mass is 79.9. The Kier molecular flexibility index (Phi) is 4.47. The summed E-state index contributed by atoms with van der Waals surface area (Å²) in [6.45, 7) is 2.08. The first kappa shape index (κ1) is 15.0. The average molecular weight is 355 g/mol. The third-order valence-electron chi connectivity index (χ3n) is 3.00. The van der Waals surface area contributed by atoms with Crippen LogP contribution in [0.15, 0.2) is 51.8 Å². The Bertz CT molecular complexity index is 712. The molecule has 0 spiro atoms. The zero-order chi connectivity index (χ0) is 14.8. The van der Waals surface area contributed by atoms with Crippen LogP contribution in [0.2, 0.25) is 0 Å². The molecule has 0 saturated carbocycles. The van der Waals surface area contributed by atoms with E-state index in [2.05, 4.69) is 20.7 Å². The summed E-state index contributed by atoms with van der Waals surface area (Å²) in [4.78, 5) is 0.253. The number of anilines is 1. The van der Waals surface area contributed by atoms with Gasteiger partial charge in [0.15, 0.2) is 0 Å². The molecule has 0 fully saturated rings. The molecule has 0 heterocycles. The van der Waals surface area contributed by atoms with Gasteiger partial charge in [0.25, 0.3) is 10.0 Å². The van der Waals surface area contributed by atoms with Crippen LogP contribution in [0.3, 0.4) is 0 Å². The van der Waals surface area contributed by atoms with Gasteiger partial charge < -0.3 is 5.73 Å². The minimum Gasteiger partial charge on any atom is -0.326 e. The summed E-state index contributed by atoms with van der Waals surface area (Å²) < 4.78 is 28.3. The predicted octanol–water partition coefficient (Wildman–Crippen LogP) is 3.02. The van der Waals surface area contributed by atoms with Crippen molar-refractivity contribution in [2.24, 2.45) is 5.73 Å². The summed E-state index contributed by atoms with van der Waals surface area (Å²) in [5, 5.41) is 0. The lowest BCUT2D eigenvalue weighted by atomic mass is 10.1. The van der Waals surface area contributed by atoms with Crippen LogP contribution < -0.4 is 10.5 Å². The first-order chi connectivity index (χ1) is 9.44. The van der Waals surface area contributed by atoms with Crippen molar-refractivity contribution in [2.75, 3.05) is 4.72 Å². The number of halogens is 1. The molecule has 0 saturated heterocycles. The number of benzene rings is 2. The van der Waals surface area contributed by atoms with E-state index in [1.54, 1.807) is 43.3 Å². The van der Waals surface area contributed by atoms with E-state index in [1.165, 1.54) is 0 Å². The molecular formula is C14H15BrN2O2S. The quantitative estimate of drug-likeness (QED) is 0.886. The molecule has 0 aliphatic carbocycles. The molecule has 0 atom stereocenters. The number of nitrogens with two attached hydrogens (primary N) is 1. The van der Waals surface area contributed by atoms with Crippen molar-refractivity contribution in [3.63, 3.8) is 0 Å². The number of rotatable bonds is 4. The molecule has 0 radical (unpaired) electrons. The van der Waals surface area contributed by atoms with E-state index in [0.717, 1.165) is 10.0 Å². The standard InChI is InChI=1S/C14H15BrN2O2S/c1-10-11(9-16)3-2-4-14(10)20(18,19)17-13-7-5-12(15)6-8-13/h2-8,17H,9,16H2,1H3. The summed E-state index contributed by atoms with van der Waals surface area (Å²) in [6, 6.07) is 12.1. The second-order valence-corrected chi connectivity index (χ2v) is 6.92. The van der Waals surface area contributed by atoms with Crippen molar-refractivity contribution in [2.45, 2.75) is 18.4 Å². The Morgan fingerprint density at radius 3 is 2.40 bits per heavy atom. The fraction of sp³-hybridized carbons (Fsp3) is 0.143. The fourth-order valence-electron chi connectivity index (χ4n) is 1.90. The molecule has 6 heteroatoms. The molecule has 3 N–H and O–H groups in total. The van der Waals surface area contributed by atoms with Gasteiger partial charge in [-0.05, 0) is 48.4 Å². The summed E-state index contributed by atoms with van der Waals surface area (Å²) in [5.41, 5.74) is 7.63. The maximum absolute atomic E-state index is 12.4. The topological polar surface area (TPSA) is 72.2 Å². The normalized spacial score (nSPS) is 11.3. The lowest BCUT2D eigenvalue weighted by molar-refractivity contribution is 0.600. The van der Waals surface area contributed by atoms with Crippen LogP contribution >= 0.6 is 15.9 Å². The molecule has 0 aromatic heterocycles. The zero-order valence-corrected chi connectivity index (χ0v) is 13.3. The first-order valence-corrected chi connectivity index (χ1v) is 8.28. The van der Waals surface area contributed by atoms with Gasteiger partial charge in [-0.15, -0.1) is 0 Å². The first-order valence-electron chi connectivity index (χ1n) is 6.01. The highest BCUT2D eigenvalue weighted by Gasteiger charge is 2.18. The van der Waals surface area contributed by atoms with Gasteiger partial charge in [-0.1, -0.05) is 28.1 Å². The molecule has 2 rings (SSSR count). The van der Waals surface area contributed by atoms with Gasteiger partial charge in [-0.25, -0.2) is 8.42 Å². The van der Waals surface area contributed by atoms with Gasteiger partial charge in [0.1, 0.15) is 0 Å². The van der Waals surface area contributed by atoms with E-state index in [0.29, 0.717) is 17.8 Å². The van der Waals surface area contributed by atoms with Crippen LogP contribution in [0.25, 0.3) is 0 Å². The molecule has 106 valence electrons. The number of hydrogen-bond donors (Lipinski definition) is 2. The summed E-state index contributed by atoms with van der Waals surface area (Å²) in [6.07, 6.45) is 0. The zero-order valence-electron chi connectivity index (χ0n) is 10.9. The average Bonchev–Trinajstić information content (AvgIpc) is 2.41. The molecule has 2 aromatic carbocycles. The van der Waals surface area contributed by atoms with Crippen LogP contribution in [-0.2, 0) is 16.6 Å². The van der Waals surface area contributed by atoms with E-state index in [9.17, 15) is 8.42 Å². The Morgan fingerprint density at radius 2 is 1.80 bits per heavy atom. The van der Waals surface area contributed by atoms with Crippen molar-refractivity contribution in [1.29, 1.82) is 0 Å².